The van der Waals surface area contributed by atoms with E-state index >= 15 is 0 Å². The number of fused-ring (bicyclic) bond motifs is 1. The summed E-state index contributed by atoms with van der Waals surface area (Å²) in [6, 6.07) is 12.7. The number of thioether (sulfide) groups is 1. The summed E-state index contributed by atoms with van der Waals surface area (Å²) < 4.78 is 12.6. The molecule has 1 aliphatic rings. The molecule has 0 N–H and O–H groups in total. The summed E-state index contributed by atoms with van der Waals surface area (Å²) in [5, 5.41) is 9.92. The number of nitrogens with zero attached hydrogens (tertiary/aromatic N) is 3. The highest BCUT2D eigenvalue weighted by molar-refractivity contribution is 7.99. The molecule has 0 saturated carbocycles. The molecule has 0 fully saturated rings. The lowest BCUT2D eigenvalue weighted by Gasteiger charge is -2.07. The first-order chi connectivity index (χ1) is 13.2. The van der Waals surface area contributed by atoms with Crippen LogP contribution in [0.3, 0.4) is 0 Å². The maximum absolute atomic E-state index is 12.5. The van der Waals surface area contributed by atoms with E-state index in [2.05, 4.69) is 10.2 Å². The number of halogens is 1. The second-order valence-corrected chi connectivity index (χ2v) is 7.22. The first kappa shape index (κ1) is 17.9. The zero-order chi connectivity index (χ0) is 18.8. The summed E-state index contributed by atoms with van der Waals surface area (Å²) >= 11 is 7.32. The lowest BCUT2D eigenvalue weighted by Crippen LogP contribution is -2.05. The summed E-state index contributed by atoms with van der Waals surface area (Å²) in [4.78, 5) is 12.5. The standard InChI is InChI=1S/C19H16ClN3O3S/c1-2-23-18(12-3-6-14(20)7-4-12)21-22-19(23)27-10-15(24)13-5-8-16-17(9-13)26-11-25-16/h3-9H,2,10-11H2,1H3. The average molecular weight is 402 g/mol. The number of Topliss-reactive ketones (excluding diaryl/α,β-unsaturated/α-hetero) is 1. The monoisotopic (exact) mass is 401 g/mol. The van der Waals surface area contributed by atoms with E-state index in [0.29, 0.717) is 33.8 Å². The maximum atomic E-state index is 12.5. The van der Waals surface area contributed by atoms with Gasteiger partial charge >= 0.3 is 0 Å². The summed E-state index contributed by atoms with van der Waals surface area (Å²) in [7, 11) is 0. The highest BCUT2D eigenvalue weighted by Crippen LogP contribution is 2.33. The molecule has 6 nitrogen and oxygen atoms in total. The Morgan fingerprint density at radius 1 is 1.15 bits per heavy atom. The number of carbonyl (C=O) groups is 1. The van der Waals surface area contributed by atoms with Crippen LogP contribution in [0.1, 0.15) is 17.3 Å². The lowest BCUT2D eigenvalue weighted by atomic mass is 10.1. The minimum absolute atomic E-state index is 0.00278. The molecule has 0 amide bonds. The number of ether oxygens (including phenoxy) is 2. The molecule has 27 heavy (non-hydrogen) atoms. The van der Waals surface area contributed by atoms with Crippen molar-refractivity contribution in [1.29, 1.82) is 0 Å². The van der Waals surface area contributed by atoms with E-state index in [-0.39, 0.29) is 18.3 Å². The third-order valence-electron chi connectivity index (χ3n) is 4.16. The van der Waals surface area contributed by atoms with Crippen LogP contribution < -0.4 is 9.47 Å². The fourth-order valence-electron chi connectivity index (χ4n) is 2.78. The van der Waals surface area contributed by atoms with E-state index in [9.17, 15) is 4.79 Å². The van der Waals surface area contributed by atoms with Crippen LogP contribution in [0.4, 0.5) is 0 Å². The SMILES string of the molecule is CCn1c(SCC(=O)c2ccc3c(c2)OCO3)nnc1-c1ccc(Cl)cc1. The highest BCUT2D eigenvalue weighted by atomic mass is 35.5. The van der Waals surface area contributed by atoms with Crippen LogP contribution in [-0.2, 0) is 6.54 Å². The van der Waals surface area contributed by atoms with E-state index in [4.69, 9.17) is 21.1 Å². The van der Waals surface area contributed by atoms with Crippen molar-refractivity contribution in [2.45, 2.75) is 18.6 Å². The van der Waals surface area contributed by atoms with Crippen molar-refractivity contribution in [2.75, 3.05) is 12.5 Å². The Hall–Kier alpha value is -2.51. The summed E-state index contributed by atoms with van der Waals surface area (Å²) in [6.07, 6.45) is 0. The van der Waals surface area contributed by atoms with Crippen molar-refractivity contribution >= 4 is 29.1 Å². The van der Waals surface area contributed by atoms with Crippen LogP contribution in [0.5, 0.6) is 11.5 Å². The molecule has 4 rings (SSSR count). The number of aromatic nitrogens is 3. The molecule has 1 aliphatic heterocycles. The minimum atomic E-state index is -0.00278. The predicted molar refractivity (Wildman–Crippen MR) is 104 cm³/mol. The van der Waals surface area contributed by atoms with Gasteiger partial charge in [-0.15, -0.1) is 10.2 Å². The number of rotatable bonds is 6. The molecular weight excluding hydrogens is 386 g/mol. The van der Waals surface area contributed by atoms with Gasteiger partial charge in [-0.05, 0) is 49.4 Å². The van der Waals surface area contributed by atoms with Gasteiger partial charge in [0.2, 0.25) is 6.79 Å². The Bertz CT molecular complexity index is 988. The van der Waals surface area contributed by atoms with Gasteiger partial charge < -0.3 is 14.0 Å². The third-order valence-corrected chi connectivity index (χ3v) is 5.38. The second kappa shape index (κ2) is 7.62. The number of carbonyl (C=O) groups excluding carboxylic acids is 1. The zero-order valence-corrected chi connectivity index (χ0v) is 16.1. The van der Waals surface area contributed by atoms with Crippen LogP contribution in [0.15, 0.2) is 47.6 Å². The van der Waals surface area contributed by atoms with Crippen molar-refractivity contribution in [3.05, 3.63) is 53.1 Å². The molecule has 0 atom stereocenters. The largest absolute Gasteiger partial charge is 0.454 e. The van der Waals surface area contributed by atoms with Gasteiger partial charge in [-0.2, -0.15) is 0 Å². The summed E-state index contributed by atoms with van der Waals surface area (Å²) in [5.41, 5.74) is 1.52. The minimum Gasteiger partial charge on any atom is -0.454 e. The zero-order valence-electron chi connectivity index (χ0n) is 14.5. The Balaban J connectivity index is 1.50. The third kappa shape index (κ3) is 3.65. The first-order valence-corrected chi connectivity index (χ1v) is 9.77. The average Bonchev–Trinajstić information content (AvgIpc) is 3.32. The molecule has 8 heteroatoms. The van der Waals surface area contributed by atoms with E-state index in [0.717, 1.165) is 11.4 Å². The number of benzene rings is 2. The maximum Gasteiger partial charge on any atom is 0.231 e. The van der Waals surface area contributed by atoms with Gasteiger partial charge in [0.25, 0.3) is 0 Å². The summed E-state index contributed by atoms with van der Waals surface area (Å²) in [5.74, 6) is 2.28. The van der Waals surface area contributed by atoms with Gasteiger partial charge in [0.05, 0.1) is 5.75 Å². The van der Waals surface area contributed by atoms with Crippen LogP contribution in [-0.4, -0.2) is 33.1 Å². The molecule has 2 aromatic carbocycles. The van der Waals surface area contributed by atoms with Crippen molar-refractivity contribution in [2.24, 2.45) is 0 Å². The smallest absolute Gasteiger partial charge is 0.231 e. The number of hydrogen-bond acceptors (Lipinski definition) is 6. The van der Waals surface area contributed by atoms with E-state index in [1.807, 2.05) is 35.8 Å². The molecule has 2 heterocycles. The fourth-order valence-corrected chi connectivity index (χ4v) is 3.80. The first-order valence-electron chi connectivity index (χ1n) is 8.40. The Kier molecular flexibility index (Phi) is 5.05. The van der Waals surface area contributed by atoms with E-state index < -0.39 is 0 Å². The van der Waals surface area contributed by atoms with Gasteiger partial charge in [-0.25, -0.2) is 0 Å². The number of hydrogen-bond donors (Lipinski definition) is 0. The number of ketones is 1. The fraction of sp³-hybridized carbons (Fsp3) is 0.211. The molecule has 138 valence electrons. The van der Waals surface area contributed by atoms with Crippen molar-refractivity contribution in [3.8, 4) is 22.9 Å². The predicted octanol–water partition coefficient (Wildman–Crippen LogP) is 4.32. The normalized spacial score (nSPS) is 12.4. The molecule has 1 aromatic heterocycles. The Morgan fingerprint density at radius 2 is 1.93 bits per heavy atom. The molecule has 0 bridgehead atoms. The van der Waals surface area contributed by atoms with Crippen LogP contribution in [0.25, 0.3) is 11.4 Å². The topological polar surface area (TPSA) is 66.2 Å². The van der Waals surface area contributed by atoms with Crippen LogP contribution in [0.2, 0.25) is 5.02 Å². The lowest BCUT2D eigenvalue weighted by molar-refractivity contribution is 0.102. The van der Waals surface area contributed by atoms with Gasteiger partial charge in [0.1, 0.15) is 0 Å². The van der Waals surface area contributed by atoms with Crippen molar-refractivity contribution in [1.82, 2.24) is 14.8 Å². The molecule has 0 unspecified atom stereocenters. The van der Waals surface area contributed by atoms with Crippen molar-refractivity contribution in [3.63, 3.8) is 0 Å². The summed E-state index contributed by atoms with van der Waals surface area (Å²) in [6.45, 7) is 2.91. The van der Waals surface area contributed by atoms with E-state index in [1.54, 1.807) is 18.2 Å². The quantitative estimate of drug-likeness (QED) is 0.452. The molecule has 0 radical (unpaired) electrons. The molecule has 0 spiro atoms. The van der Waals surface area contributed by atoms with Crippen LogP contribution in [0, 0.1) is 0 Å². The van der Waals surface area contributed by atoms with Gasteiger partial charge in [-0.3, -0.25) is 4.79 Å². The Labute approximate surface area is 165 Å². The highest BCUT2D eigenvalue weighted by Gasteiger charge is 2.18. The van der Waals surface area contributed by atoms with Gasteiger partial charge in [0.15, 0.2) is 28.3 Å². The van der Waals surface area contributed by atoms with Gasteiger partial charge in [-0.1, -0.05) is 23.4 Å². The van der Waals surface area contributed by atoms with Crippen LogP contribution >= 0.6 is 23.4 Å². The van der Waals surface area contributed by atoms with Gasteiger partial charge in [0, 0.05) is 22.7 Å². The molecule has 0 saturated heterocycles. The molecular formula is C19H16ClN3O3S. The van der Waals surface area contributed by atoms with E-state index in [1.165, 1.54) is 11.8 Å². The second-order valence-electron chi connectivity index (χ2n) is 5.84. The van der Waals surface area contributed by atoms with Crippen molar-refractivity contribution < 1.29 is 14.3 Å². The molecule has 0 aliphatic carbocycles. The Morgan fingerprint density at radius 3 is 2.70 bits per heavy atom. The molecule has 3 aromatic rings.